The van der Waals surface area contributed by atoms with Gasteiger partial charge in [-0.1, -0.05) is 26.2 Å². The molecule has 1 unspecified atom stereocenters. The first-order valence-corrected chi connectivity index (χ1v) is 10.1. The van der Waals surface area contributed by atoms with Crippen molar-refractivity contribution in [2.45, 2.75) is 63.2 Å². The molecule has 1 aromatic rings. The molecule has 1 aliphatic rings. The Morgan fingerprint density at radius 1 is 1.33 bits per heavy atom. The van der Waals surface area contributed by atoms with Crippen molar-refractivity contribution in [2.24, 2.45) is 0 Å². The van der Waals surface area contributed by atoms with Gasteiger partial charge in [-0.15, -0.1) is 0 Å². The van der Waals surface area contributed by atoms with Crippen LogP contribution in [-0.4, -0.2) is 28.6 Å². The highest BCUT2D eigenvalue weighted by atomic mass is 79.9. The van der Waals surface area contributed by atoms with Crippen molar-refractivity contribution in [1.82, 2.24) is 10.3 Å². The van der Waals surface area contributed by atoms with Gasteiger partial charge >= 0.3 is 0 Å². The van der Waals surface area contributed by atoms with Crippen LogP contribution in [0.3, 0.4) is 0 Å². The molecule has 0 bridgehead atoms. The second-order valence-corrected chi connectivity index (χ2v) is 8.17. The summed E-state index contributed by atoms with van der Waals surface area (Å²) in [4.78, 5) is 4.52. The summed E-state index contributed by atoms with van der Waals surface area (Å²) in [5.74, 6) is 1.21. The number of hydrogen-bond donors (Lipinski definition) is 1. The highest BCUT2D eigenvalue weighted by molar-refractivity contribution is 9.10. The molecule has 2 nitrogen and oxygen atoms in total. The van der Waals surface area contributed by atoms with Crippen LogP contribution in [0.25, 0.3) is 0 Å². The van der Waals surface area contributed by atoms with Crippen LogP contribution in [0.15, 0.2) is 22.8 Å². The molecule has 21 heavy (non-hydrogen) atoms. The summed E-state index contributed by atoms with van der Waals surface area (Å²) >= 11 is 5.63. The molecule has 0 amide bonds. The van der Waals surface area contributed by atoms with Crippen LogP contribution in [-0.2, 0) is 6.42 Å². The van der Waals surface area contributed by atoms with Crippen LogP contribution < -0.4 is 5.32 Å². The third-order valence-electron chi connectivity index (χ3n) is 4.01. The minimum atomic E-state index is 0.547. The van der Waals surface area contributed by atoms with Crippen molar-refractivity contribution in [3.05, 3.63) is 28.5 Å². The summed E-state index contributed by atoms with van der Waals surface area (Å²) in [5.41, 5.74) is 1.19. The van der Waals surface area contributed by atoms with Crippen LogP contribution in [0.1, 0.15) is 51.1 Å². The Morgan fingerprint density at radius 2 is 2.14 bits per heavy atom. The van der Waals surface area contributed by atoms with Gasteiger partial charge in [0.1, 0.15) is 0 Å². The molecule has 2 rings (SSSR count). The maximum atomic E-state index is 4.52. The average Bonchev–Trinajstić information content (AvgIpc) is 2.53. The molecule has 0 radical (unpaired) electrons. The Kier molecular flexibility index (Phi) is 8.12. The lowest BCUT2D eigenvalue weighted by atomic mass is 10.0. The summed E-state index contributed by atoms with van der Waals surface area (Å²) in [7, 11) is 0. The largest absolute Gasteiger partial charge is 0.313 e. The van der Waals surface area contributed by atoms with Gasteiger partial charge < -0.3 is 5.32 Å². The van der Waals surface area contributed by atoms with Crippen LogP contribution in [0.5, 0.6) is 0 Å². The third kappa shape index (κ3) is 6.70. The van der Waals surface area contributed by atoms with E-state index in [2.05, 4.69) is 57.0 Å². The minimum Gasteiger partial charge on any atom is -0.313 e. The second kappa shape index (κ2) is 9.86. The minimum absolute atomic E-state index is 0.547. The Hall–Kier alpha value is -0.0600. The predicted molar refractivity (Wildman–Crippen MR) is 97.1 cm³/mol. The molecule has 4 heteroatoms. The van der Waals surface area contributed by atoms with E-state index in [1.54, 1.807) is 0 Å². The van der Waals surface area contributed by atoms with Gasteiger partial charge in [0.15, 0.2) is 0 Å². The zero-order valence-corrected chi connectivity index (χ0v) is 15.4. The summed E-state index contributed by atoms with van der Waals surface area (Å²) in [6, 6.07) is 4.77. The number of pyridine rings is 1. The van der Waals surface area contributed by atoms with Crippen molar-refractivity contribution in [1.29, 1.82) is 0 Å². The van der Waals surface area contributed by atoms with Crippen LogP contribution >= 0.6 is 27.7 Å². The predicted octanol–water partition coefficient (Wildman–Crippen LogP) is 4.82. The quantitative estimate of drug-likeness (QED) is 0.709. The van der Waals surface area contributed by atoms with Crippen LogP contribution in [0.4, 0.5) is 0 Å². The van der Waals surface area contributed by atoms with Crippen molar-refractivity contribution in [3.8, 4) is 0 Å². The molecule has 1 aromatic heterocycles. The van der Waals surface area contributed by atoms with E-state index in [9.17, 15) is 0 Å². The van der Waals surface area contributed by atoms with Gasteiger partial charge in [-0.05, 0) is 53.9 Å². The van der Waals surface area contributed by atoms with Gasteiger partial charge in [0.05, 0.1) is 0 Å². The molecule has 1 fully saturated rings. The van der Waals surface area contributed by atoms with Crippen molar-refractivity contribution >= 4 is 27.7 Å². The van der Waals surface area contributed by atoms with Crippen molar-refractivity contribution < 1.29 is 0 Å². The molecule has 1 saturated carbocycles. The van der Waals surface area contributed by atoms with Gasteiger partial charge in [-0.25, -0.2) is 0 Å². The molecule has 1 atom stereocenters. The number of hydrogen-bond acceptors (Lipinski definition) is 3. The molecule has 0 saturated heterocycles. The first-order valence-electron chi connectivity index (χ1n) is 8.23. The molecule has 118 valence electrons. The van der Waals surface area contributed by atoms with Crippen molar-refractivity contribution in [2.75, 3.05) is 12.3 Å². The summed E-state index contributed by atoms with van der Waals surface area (Å²) in [6.45, 7) is 3.34. The third-order valence-corrected chi connectivity index (χ3v) is 6.02. The van der Waals surface area contributed by atoms with E-state index in [-0.39, 0.29) is 0 Å². The fourth-order valence-corrected chi connectivity index (χ4v) is 4.44. The van der Waals surface area contributed by atoms with Gasteiger partial charge in [0, 0.05) is 39.8 Å². The number of aromatic nitrogens is 1. The number of rotatable bonds is 8. The molecule has 0 aromatic carbocycles. The number of thioether (sulfide) groups is 1. The van der Waals surface area contributed by atoms with E-state index in [0.29, 0.717) is 6.04 Å². The molecular weight excluding hydrogens is 344 g/mol. The molecule has 1 aliphatic carbocycles. The highest BCUT2D eigenvalue weighted by Gasteiger charge is 2.17. The number of nitrogens with one attached hydrogen (secondary N) is 1. The van der Waals surface area contributed by atoms with Crippen molar-refractivity contribution in [3.63, 3.8) is 0 Å². The summed E-state index contributed by atoms with van der Waals surface area (Å²) < 4.78 is 1.06. The summed E-state index contributed by atoms with van der Waals surface area (Å²) in [6.07, 6.45) is 11.3. The lowest BCUT2D eigenvalue weighted by Crippen LogP contribution is -2.35. The van der Waals surface area contributed by atoms with E-state index in [1.165, 1.54) is 50.0 Å². The Balaban J connectivity index is 1.82. The molecular formula is C17H27BrN2S. The van der Waals surface area contributed by atoms with Crippen LogP contribution in [0.2, 0.25) is 0 Å². The fraction of sp³-hybridized carbons (Fsp3) is 0.706. The number of halogens is 1. The van der Waals surface area contributed by atoms with E-state index >= 15 is 0 Å². The van der Waals surface area contributed by atoms with E-state index in [0.717, 1.165) is 22.7 Å². The number of nitrogens with zero attached hydrogens (tertiary/aromatic N) is 1. The van der Waals surface area contributed by atoms with Gasteiger partial charge in [-0.2, -0.15) is 11.8 Å². The molecule has 1 heterocycles. The molecule has 1 N–H and O–H groups in total. The molecule has 0 spiro atoms. The maximum absolute atomic E-state index is 4.52. The first kappa shape index (κ1) is 17.3. The Bertz CT molecular complexity index is 390. The van der Waals surface area contributed by atoms with Gasteiger partial charge in [0.2, 0.25) is 0 Å². The second-order valence-electron chi connectivity index (χ2n) is 5.92. The normalized spacial score (nSPS) is 17.8. The smallest absolute Gasteiger partial charge is 0.0420 e. The highest BCUT2D eigenvalue weighted by Crippen LogP contribution is 2.28. The Labute approximate surface area is 142 Å². The average molecular weight is 371 g/mol. The maximum Gasteiger partial charge on any atom is 0.0420 e. The topological polar surface area (TPSA) is 24.9 Å². The lowest BCUT2D eigenvalue weighted by Gasteiger charge is -2.24. The van der Waals surface area contributed by atoms with Gasteiger partial charge in [0.25, 0.3) is 0 Å². The van der Waals surface area contributed by atoms with E-state index < -0.39 is 0 Å². The first-order chi connectivity index (χ1) is 10.3. The lowest BCUT2D eigenvalue weighted by molar-refractivity contribution is 0.511. The fourth-order valence-electron chi connectivity index (χ4n) is 2.80. The zero-order chi connectivity index (χ0) is 14.9. The molecule has 0 aliphatic heterocycles. The zero-order valence-electron chi connectivity index (χ0n) is 13.0. The van der Waals surface area contributed by atoms with Gasteiger partial charge in [-0.3, -0.25) is 4.98 Å². The van der Waals surface area contributed by atoms with Crippen LogP contribution in [0, 0.1) is 0 Å². The van der Waals surface area contributed by atoms with E-state index in [1.807, 2.05) is 6.20 Å². The SMILES string of the molecule is CCCNC(CSC1CCCCC1)Cc1ccc(Br)cn1. The van der Waals surface area contributed by atoms with E-state index in [4.69, 9.17) is 0 Å². The monoisotopic (exact) mass is 370 g/mol. The standard InChI is InChI=1S/C17H27BrN2S/c1-2-10-19-16(11-15-9-8-14(18)12-20-15)13-21-17-6-4-3-5-7-17/h8-9,12,16-17,19H,2-7,10-11,13H2,1H3. The summed E-state index contributed by atoms with van der Waals surface area (Å²) in [5, 5.41) is 4.59. The Morgan fingerprint density at radius 3 is 2.81 bits per heavy atom.